The monoisotopic (exact) mass is 500 g/mol. The van der Waals surface area contributed by atoms with E-state index in [4.69, 9.17) is 4.74 Å². The molecule has 0 radical (unpaired) electrons. The van der Waals surface area contributed by atoms with Gasteiger partial charge in [-0.25, -0.2) is 15.0 Å². The highest BCUT2D eigenvalue weighted by molar-refractivity contribution is 6.06. The lowest BCUT2D eigenvalue weighted by Gasteiger charge is -2.34. The first-order chi connectivity index (χ1) is 17.4. The van der Waals surface area contributed by atoms with Crippen molar-refractivity contribution in [1.82, 2.24) is 25.2 Å². The summed E-state index contributed by atoms with van der Waals surface area (Å²) in [7, 11) is 0. The summed E-state index contributed by atoms with van der Waals surface area (Å²) in [6, 6.07) is 8.75. The highest BCUT2D eigenvalue weighted by Crippen LogP contribution is 2.29. The summed E-state index contributed by atoms with van der Waals surface area (Å²) < 4.78 is 44.2. The first-order valence-electron chi connectivity index (χ1n) is 12.0. The molecule has 1 saturated carbocycles. The van der Waals surface area contributed by atoms with E-state index in [-0.39, 0.29) is 12.5 Å². The van der Waals surface area contributed by atoms with Gasteiger partial charge in [-0.2, -0.15) is 13.2 Å². The fourth-order valence-electron chi connectivity index (χ4n) is 4.31. The Hall–Kier alpha value is -3.31. The summed E-state index contributed by atoms with van der Waals surface area (Å²) in [5.41, 5.74) is 1.69. The standard InChI is InChI=1S/C25H27F3N6O2/c26-25(27,28)24-31-13-17(14-32-24)21(34-8-10-36-11-9-34)15-30-23(35)19-2-1-3-20-18(19)6-7-22(33-20)29-12-16-4-5-16/h1-3,6-7,13-14,16,21H,4-5,8-12,15H2,(H,29,33)(H,30,35). The third kappa shape index (κ3) is 5.73. The van der Waals surface area contributed by atoms with Crippen LogP contribution in [0.1, 0.15) is 40.6 Å². The Balaban J connectivity index is 1.32. The van der Waals surface area contributed by atoms with Crippen LogP contribution in [0.25, 0.3) is 10.9 Å². The number of morpholine rings is 1. The molecule has 1 atom stereocenters. The van der Waals surface area contributed by atoms with Gasteiger partial charge in [-0.05, 0) is 43.0 Å². The van der Waals surface area contributed by atoms with E-state index in [1.54, 1.807) is 12.1 Å². The van der Waals surface area contributed by atoms with Crippen LogP contribution in [0.2, 0.25) is 0 Å². The van der Waals surface area contributed by atoms with Gasteiger partial charge < -0.3 is 15.4 Å². The number of anilines is 1. The smallest absolute Gasteiger partial charge is 0.379 e. The van der Waals surface area contributed by atoms with Crippen molar-refractivity contribution in [2.45, 2.75) is 25.1 Å². The van der Waals surface area contributed by atoms with Crippen molar-refractivity contribution in [1.29, 1.82) is 0 Å². The number of fused-ring (bicyclic) bond motifs is 1. The van der Waals surface area contributed by atoms with Crippen LogP contribution < -0.4 is 10.6 Å². The van der Waals surface area contributed by atoms with Gasteiger partial charge in [0.15, 0.2) is 0 Å². The van der Waals surface area contributed by atoms with E-state index in [1.807, 2.05) is 18.2 Å². The lowest BCUT2D eigenvalue weighted by molar-refractivity contribution is -0.145. The van der Waals surface area contributed by atoms with Crippen LogP contribution in [0.4, 0.5) is 19.0 Å². The van der Waals surface area contributed by atoms with Gasteiger partial charge in [-0.3, -0.25) is 9.69 Å². The number of halogens is 3. The molecule has 2 N–H and O–H groups in total. The number of carbonyl (C=O) groups is 1. The molecule has 0 bridgehead atoms. The second kappa shape index (κ2) is 10.4. The number of pyridine rings is 1. The number of ether oxygens (including phenoxy) is 1. The molecule has 190 valence electrons. The Bertz CT molecular complexity index is 1210. The Morgan fingerprint density at radius 1 is 1.11 bits per heavy atom. The van der Waals surface area contributed by atoms with E-state index in [0.717, 1.165) is 17.7 Å². The normalized spacial score (nSPS) is 17.6. The minimum atomic E-state index is -4.61. The molecule has 3 heterocycles. The fraction of sp³-hybridized carbons (Fsp3) is 0.440. The molecule has 8 nitrogen and oxygen atoms in total. The fourth-order valence-corrected chi connectivity index (χ4v) is 4.31. The van der Waals surface area contributed by atoms with Crippen LogP contribution in [0, 0.1) is 5.92 Å². The van der Waals surface area contributed by atoms with Crippen molar-refractivity contribution in [3.05, 3.63) is 59.7 Å². The zero-order valence-corrected chi connectivity index (χ0v) is 19.6. The van der Waals surface area contributed by atoms with Crippen molar-refractivity contribution in [3.8, 4) is 0 Å². The van der Waals surface area contributed by atoms with E-state index in [9.17, 15) is 18.0 Å². The van der Waals surface area contributed by atoms with Crippen LogP contribution in [0.3, 0.4) is 0 Å². The molecular weight excluding hydrogens is 473 g/mol. The molecule has 1 aliphatic heterocycles. The Kier molecular flexibility index (Phi) is 7.01. The first-order valence-corrected chi connectivity index (χ1v) is 12.0. The molecule has 1 aliphatic carbocycles. The zero-order valence-electron chi connectivity index (χ0n) is 19.6. The molecule has 11 heteroatoms. The summed E-state index contributed by atoms with van der Waals surface area (Å²) in [6.07, 6.45) is 0.237. The number of hydrogen-bond acceptors (Lipinski definition) is 7. The number of hydrogen-bond donors (Lipinski definition) is 2. The molecule has 0 spiro atoms. The molecule has 1 unspecified atom stereocenters. The number of amides is 1. The third-order valence-corrected chi connectivity index (χ3v) is 6.50. The van der Waals surface area contributed by atoms with Gasteiger partial charge in [0.1, 0.15) is 5.82 Å². The van der Waals surface area contributed by atoms with Gasteiger partial charge in [-0.1, -0.05) is 6.07 Å². The zero-order chi connectivity index (χ0) is 25.1. The van der Waals surface area contributed by atoms with Gasteiger partial charge in [0.2, 0.25) is 5.82 Å². The van der Waals surface area contributed by atoms with Crippen molar-refractivity contribution < 1.29 is 22.7 Å². The molecule has 1 aromatic carbocycles. The lowest BCUT2D eigenvalue weighted by Crippen LogP contribution is -2.44. The summed E-state index contributed by atoms with van der Waals surface area (Å²) in [6.45, 7) is 3.23. The predicted octanol–water partition coefficient (Wildman–Crippen LogP) is 3.67. The Morgan fingerprint density at radius 2 is 1.86 bits per heavy atom. The number of nitrogens with zero attached hydrogens (tertiary/aromatic N) is 4. The van der Waals surface area contributed by atoms with Gasteiger partial charge in [0.05, 0.1) is 24.8 Å². The molecule has 5 rings (SSSR count). The number of benzene rings is 1. The Morgan fingerprint density at radius 3 is 2.56 bits per heavy atom. The van der Waals surface area contributed by atoms with Gasteiger partial charge >= 0.3 is 6.18 Å². The molecule has 1 amide bonds. The van der Waals surface area contributed by atoms with Crippen LogP contribution in [-0.4, -0.2) is 65.2 Å². The topological polar surface area (TPSA) is 92.3 Å². The lowest BCUT2D eigenvalue weighted by atomic mass is 10.1. The summed E-state index contributed by atoms with van der Waals surface area (Å²) in [4.78, 5) is 26.9. The van der Waals surface area contributed by atoms with E-state index >= 15 is 0 Å². The molecule has 3 aromatic rings. The number of nitrogens with one attached hydrogen (secondary N) is 2. The molecule has 2 fully saturated rings. The van der Waals surface area contributed by atoms with Crippen molar-refractivity contribution in [3.63, 3.8) is 0 Å². The molecule has 1 saturated heterocycles. The average Bonchev–Trinajstić information content (AvgIpc) is 3.72. The van der Waals surface area contributed by atoms with E-state index < -0.39 is 18.0 Å². The van der Waals surface area contributed by atoms with Crippen LogP contribution in [0.5, 0.6) is 0 Å². The van der Waals surface area contributed by atoms with Gasteiger partial charge in [0, 0.05) is 55.1 Å². The van der Waals surface area contributed by atoms with E-state index in [0.29, 0.717) is 48.9 Å². The number of alkyl halides is 3. The van der Waals surface area contributed by atoms with Crippen molar-refractivity contribution in [2.24, 2.45) is 5.92 Å². The SMILES string of the molecule is O=C(NCC(c1cnc(C(F)(F)F)nc1)N1CCOCC1)c1cccc2nc(NCC3CC3)ccc12. The van der Waals surface area contributed by atoms with E-state index in [2.05, 4.69) is 30.5 Å². The second-order valence-electron chi connectivity index (χ2n) is 9.10. The summed E-state index contributed by atoms with van der Waals surface area (Å²) in [5, 5.41) is 7.03. The average molecular weight is 501 g/mol. The minimum absolute atomic E-state index is 0.179. The highest BCUT2D eigenvalue weighted by Gasteiger charge is 2.35. The first kappa shape index (κ1) is 24.4. The number of carbonyl (C=O) groups excluding carboxylic acids is 1. The highest BCUT2D eigenvalue weighted by atomic mass is 19.4. The van der Waals surface area contributed by atoms with Crippen LogP contribution in [-0.2, 0) is 10.9 Å². The maximum Gasteiger partial charge on any atom is 0.451 e. The number of aromatic nitrogens is 3. The molecular formula is C25H27F3N6O2. The van der Waals surface area contributed by atoms with Crippen LogP contribution >= 0.6 is 0 Å². The molecule has 36 heavy (non-hydrogen) atoms. The van der Waals surface area contributed by atoms with Crippen molar-refractivity contribution >= 4 is 22.6 Å². The quantitative estimate of drug-likeness (QED) is 0.488. The van der Waals surface area contributed by atoms with Gasteiger partial charge in [-0.15, -0.1) is 0 Å². The maximum absolute atomic E-state index is 13.2. The summed E-state index contributed by atoms with van der Waals surface area (Å²) >= 11 is 0. The number of rotatable bonds is 8. The van der Waals surface area contributed by atoms with Crippen LogP contribution in [0.15, 0.2) is 42.7 Å². The second-order valence-corrected chi connectivity index (χ2v) is 9.10. The Labute approximate surface area is 206 Å². The minimum Gasteiger partial charge on any atom is -0.379 e. The van der Waals surface area contributed by atoms with Gasteiger partial charge in [0.25, 0.3) is 5.91 Å². The van der Waals surface area contributed by atoms with Crippen molar-refractivity contribution in [2.75, 3.05) is 44.7 Å². The summed E-state index contributed by atoms with van der Waals surface area (Å²) in [5.74, 6) is 0.0215. The predicted molar refractivity (Wildman–Crippen MR) is 127 cm³/mol. The van der Waals surface area contributed by atoms with E-state index in [1.165, 1.54) is 25.2 Å². The molecule has 2 aliphatic rings. The maximum atomic E-state index is 13.2. The largest absolute Gasteiger partial charge is 0.451 e. The third-order valence-electron chi connectivity index (χ3n) is 6.50. The molecule has 2 aromatic heterocycles.